The molecule has 1 aromatic heterocycles. The minimum absolute atomic E-state index is 0.283. The van der Waals surface area contributed by atoms with Crippen LogP contribution in [0.25, 0.3) is 22.1 Å². The molecule has 0 N–H and O–H groups in total. The van der Waals surface area contributed by atoms with Gasteiger partial charge in [-0.25, -0.2) is 4.79 Å². The zero-order valence-electron chi connectivity index (χ0n) is 11.1. The Labute approximate surface area is 116 Å². The van der Waals surface area contributed by atoms with Crippen molar-refractivity contribution in [2.24, 2.45) is 0 Å². The zero-order chi connectivity index (χ0) is 13.5. The predicted molar refractivity (Wildman–Crippen MR) is 79.9 cm³/mol. The standard InChI is InChI=1S/C18H14O2/c19-18-11-15(12-5-2-1-3-6-12)16-9-13-7-4-8-14(13)10-17(16)20-18/h1-3,5-6,9-11H,4,7-8H2. The molecule has 2 nitrogen and oxygen atoms in total. The Kier molecular flexibility index (Phi) is 2.49. The first-order chi connectivity index (χ1) is 9.81. The third kappa shape index (κ3) is 1.76. The molecule has 0 aliphatic heterocycles. The molecule has 98 valence electrons. The molecule has 20 heavy (non-hydrogen) atoms. The molecule has 2 heteroatoms. The van der Waals surface area contributed by atoms with Gasteiger partial charge in [-0.3, -0.25) is 0 Å². The van der Waals surface area contributed by atoms with E-state index in [0.717, 1.165) is 29.4 Å². The van der Waals surface area contributed by atoms with Crippen LogP contribution in [0.3, 0.4) is 0 Å². The molecule has 4 rings (SSSR count). The third-order valence-electron chi connectivity index (χ3n) is 4.04. The number of hydrogen-bond acceptors (Lipinski definition) is 2. The van der Waals surface area contributed by atoms with Crippen molar-refractivity contribution in [1.29, 1.82) is 0 Å². The second kappa shape index (κ2) is 4.34. The molecule has 1 aliphatic rings. The van der Waals surface area contributed by atoms with Gasteiger partial charge in [0.1, 0.15) is 5.58 Å². The van der Waals surface area contributed by atoms with E-state index in [4.69, 9.17) is 4.42 Å². The monoisotopic (exact) mass is 262 g/mol. The van der Waals surface area contributed by atoms with Crippen molar-refractivity contribution in [2.75, 3.05) is 0 Å². The fourth-order valence-corrected chi connectivity index (χ4v) is 3.09. The van der Waals surface area contributed by atoms with Crippen LogP contribution in [0.2, 0.25) is 0 Å². The normalized spacial score (nSPS) is 13.6. The minimum atomic E-state index is -0.283. The van der Waals surface area contributed by atoms with Gasteiger partial charge in [0.25, 0.3) is 0 Å². The smallest absolute Gasteiger partial charge is 0.336 e. The molecule has 0 atom stereocenters. The molecule has 0 fully saturated rings. The highest BCUT2D eigenvalue weighted by Crippen LogP contribution is 2.32. The van der Waals surface area contributed by atoms with E-state index in [1.807, 2.05) is 36.4 Å². The lowest BCUT2D eigenvalue weighted by atomic mass is 9.99. The van der Waals surface area contributed by atoms with E-state index in [-0.39, 0.29) is 5.63 Å². The molecule has 2 aromatic carbocycles. The Bertz CT molecular complexity index is 844. The molecule has 0 unspecified atom stereocenters. The van der Waals surface area contributed by atoms with Gasteiger partial charge in [0, 0.05) is 11.5 Å². The van der Waals surface area contributed by atoms with Crippen LogP contribution >= 0.6 is 0 Å². The first-order valence-electron chi connectivity index (χ1n) is 6.96. The summed E-state index contributed by atoms with van der Waals surface area (Å²) in [5.74, 6) is 0. The summed E-state index contributed by atoms with van der Waals surface area (Å²) < 4.78 is 5.39. The molecule has 0 saturated carbocycles. The quantitative estimate of drug-likeness (QED) is 0.622. The van der Waals surface area contributed by atoms with E-state index < -0.39 is 0 Å². The number of aryl methyl sites for hydroxylation is 2. The van der Waals surface area contributed by atoms with Crippen molar-refractivity contribution in [2.45, 2.75) is 19.3 Å². The van der Waals surface area contributed by atoms with E-state index in [1.165, 1.54) is 17.5 Å². The maximum atomic E-state index is 11.8. The van der Waals surface area contributed by atoms with Crippen LogP contribution in [0.1, 0.15) is 17.5 Å². The molecule has 1 heterocycles. The summed E-state index contributed by atoms with van der Waals surface area (Å²) >= 11 is 0. The molecule has 0 radical (unpaired) electrons. The highest BCUT2D eigenvalue weighted by molar-refractivity contribution is 5.94. The van der Waals surface area contributed by atoms with Crippen LogP contribution in [-0.2, 0) is 12.8 Å². The number of rotatable bonds is 1. The SMILES string of the molecule is O=c1cc(-c2ccccc2)c2cc3c(cc2o1)CCC3. The van der Waals surface area contributed by atoms with Gasteiger partial charge in [-0.15, -0.1) is 0 Å². The molecule has 3 aromatic rings. The Morgan fingerprint density at radius 1 is 0.900 bits per heavy atom. The highest BCUT2D eigenvalue weighted by atomic mass is 16.4. The van der Waals surface area contributed by atoms with E-state index in [0.29, 0.717) is 5.58 Å². The molecule has 0 spiro atoms. The van der Waals surface area contributed by atoms with Crippen molar-refractivity contribution in [3.63, 3.8) is 0 Å². The zero-order valence-corrected chi connectivity index (χ0v) is 11.1. The second-order valence-corrected chi connectivity index (χ2v) is 5.32. The van der Waals surface area contributed by atoms with Crippen LogP contribution in [0.15, 0.2) is 57.7 Å². The largest absolute Gasteiger partial charge is 0.423 e. The summed E-state index contributed by atoms with van der Waals surface area (Å²) in [7, 11) is 0. The Hall–Kier alpha value is -2.35. The summed E-state index contributed by atoms with van der Waals surface area (Å²) in [5.41, 5.74) is 5.16. The molecule has 0 saturated heterocycles. The summed E-state index contributed by atoms with van der Waals surface area (Å²) in [6, 6.07) is 15.9. The Morgan fingerprint density at radius 3 is 2.45 bits per heavy atom. The first-order valence-corrected chi connectivity index (χ1v) is 6.96. The number of benzene rings is 2. The lowest BCUT2D eigenvalue weighted by Gasteiger charge is -2.08. The van der Waals surface area contributed by atoms with Crippen molar-refractivity contribution >= 4 is 11.0 Å². The predicted octanol–water partition coefficient (Wildman–Crippen LogP) is 3.95. The van der Waals surface area contributed by atoms with Crippen LogP contribution in [0, 0.1) is 0 Å². The molecular formula is C18H14O2. The van der Waals surface area contributed by atoms with Crippen molar-refractivity contribution < 1.29 is 4.42 Å². The lowest BCUT2D eigenvalue weighted by Crippen LogP contribution is -1.99. The number of fused-ring (bicyclic) bond motifs is 2. The maximum absolute atomic E-state index is 11.8. The van der Waals surface area contributed by atoms with E-state index >= 15 is 0 Å². The fourth-order valence-electron chi connectivity index (χ4n) is 3.09. The lowest BCUT2D eigenvalue weighted by molar-refractivity contribution is 0.561. The summed E-state index contributed by atoms with van der Waals surface area (Å²) in [6.45, 7) is 0. The van der Waals surface area contributed by atoms with Crippen LogP contribution < -0.4 is 5.63 Å². The van der Waals surface area contributed by atoms with E-state index in [2.05, 4.69) is 6.07 Å². The van der Waals surface area contributed by atoms with Gasteiger partial charge in [-0.1, -0.05) is 30.3 Å². The Morgan fingerprint density at radius 2 is 1.65 bits per heavy atom. The van der Waals surface area contributed by atoms with Crippen LogP contribution in [-0.4, -0.2) is 0 Å². The molecule has 0 bridgehead atoms. The third-order valence-corrected chi connectivity index (χ3v) is 4.04. The molecule has 0 amide bonds. The van der Waals surface area contributed by atoms with Gasteiger partial charge in [-0.05, 0) is 53.6 Å². The Balaban J connectivity index is 2.08. The van der Waals surface area contributed by atoms with Crippen LogP contribution in [0.5, 0.6) is 0 Å². The minimum Gasteiger partial charge on any atom is -0.423 e. The van der Waals surface area contributed by atoms with Gasteiger partial charge in [0.05, 0.1) is 0 Å². The fraction of sp³-hybridized carbons (Fsp3) is 0.167. The van der Waals surface area contributed by atoms with Crippen molar-refractivity contribution in [3.8, 4) is 11.1 Å². The molecular weight excluding hydrogens is 248 g/mol. The summed E-state index contributed by atoms with van der Waals surface area (Å²) in [5, 5.41) is 1.04. The van der Waals surface area contributed by atoms with Gasteiger partial charge < -0.3 is 4.42 Å². The maximum Gasteiger partial charge on any atom is 0.336 e. The highest BCUT2D eigenvalue weighted by Gasteiger charge is 2.15. The topological polar surface area (TPSA) is 30.2 Å². The van der Waals surface area contributed by atoms with Crippen molar-refractivity contribution in [3.05, 3.63) is 70.1 Å². The van der Waals surface area contributed by atoms with Crippen LogP contribution in [0.4, 0.5) is 0 Å². The average molecular weight is 262 g/mol. The van der Waals surface area contributed by atoms with E-state index in [9.17, 15) is 4.79 Å². The van der Waals surface area contributed by atoms with Crippen molar-refractivity contribution in [1.82, 2.24) is 0 Å². The van der Waals surface area contributed by atoms with E-state index in [1.54, 1.807) is 6.07 Å². The average Bonchev–Trinajstić information content (AvgIpc) is 2.92. The van der Waals surface area contributed by atoms with Gasteiger partial charge in [0.15, 0.2) is 0 Å². The summed E-state index contributed by atoms with van der Waals surface area (Å²) in [4.78, 5) is 11.8. The molecule has 1 aliphatic carbocycles. The second-order valence-electron chi connectivity index (χ2n) is 5.32. The van der Waals surface area contributed by atoms with Gasteiger partial charge in [0.2, 0.25) is 0 Å². The van der Waals surface area contributed by atoms with Gasteiger partial charge >= 0.3 is 5.63 Å². The number of hydrogen-bond donors (Lipinski definition) is 0. The first kappa shape index (κ1) is 11.5. The summed E-state index contributed by atoms with van der Waals surface area (Å²) in [6.07, 6.45) is 3.40. The van der Waals surface area contributed by atoms with Gasteiger partial charge in [-0.2, -0.15) is 0 Å².